The first-order valence-corrected chi connectivity index (χ1v) is 6.96. The lowest BCUT2D eigenvalue weighted by atomic mass is 9.86. The quantitative estimate of drug-likeness (QED) is 0.827. The molecule has 0 bridgehead atoms. The Kier molecular flexibility index (Phi) is 6.07. The summed E-state index contributed by atoms with van der Waals surface area (Å²) in [6.07, 6.45) is 3.72. The summed E-state index contributed by atoms with van der Waals surface area (Å²) in [5.41, 5.74) is 7.26. The summed E-state index contributed by atoms with van der Waals surface area (Å²) in [4.78, 5) is 0. The minimum absolute atomic E-state index is 0.512. The Morgan fingerprint density at radius 2 is 1.69 bits per heavy atom. The molecule has 1 nitrogen and oxygen atoms in total. The fourth-order valence-corrected chi connectivity index (χ4v) is 2.39. The van der Waals surface area contributed by atoms with E-state index >= 15 is 0 Å². The second kappa shape index (κ2) is 7.08. The van der Waals surface area contributed by atoms with E-state index in [9.17, 15) is 0 Å². The molecule has 0 amide bonds. The van der Waals surface area contributed by atoms with E-state index in [0.717, 1.165) is 16.9 Å². The maximum absolute atomic E-state index is 5.89. The zero-order valence-electron chi connectivity index (χ0n) is 10.2. The molecule has 0 heterocycles. The zero-order valence-corrected chi connectivity index (χ0v) is 11.8. The molecule has 0 saturated carbocycles. The van der Waals surface area contributed by atoms with Crippen molar-refractivity contribution in [2.45, 2.75) is 39.0 Å². The average molecular weight is 284 g/mol. The van der Waals surface area contributed by atoms with Crippen molar-refractivity contribution in [2.24, 2.45) is 11.7 Å². The predicted molar refractivity (Wildman–Crippen MR) is 74.6 cm³/mol. The number of benzene rings is 1. The van der Waals surface area contributed by atoms with Crippen LogP contribution in [-0.2, 0) is 0 Å². The average Bonchev–Trinajstić information content (AvgIpc) is 2.32. The maximum atomic E-state index is 5.89. The van der Waals surface area contributed by atoms with Gasteiger partial charge in [0, 0.05) is 4.47 Å². The van der Waals surface area contributed by atoms with Crippen molar-refractivity contribution in [1.82, 2.24) is 0 Å². The highest BCUT2D eigenvalue weighted by Gasteiger charge is 2.14. The van der Waals surface area contributed by atoms with Crippen LogP contribution in [0.4, 0.5) is 0 Å². The smallest absolute Gasteiger partial charge is 0.0175 e. The largest absolute Gasteiger partial charge is 0.330 e. The molecule has 1 atom stereocenters. The van der Waals surface area contributed by atoms with Crippen LogP contribution < -0.4 is 5.73 Å². The van der Waals surface area contributed by atoms with Gasteiger partial charge in [0.2, 0.25) is 0 Å². The molecule has 2 heteroatoms. The summed E-state index contributed by atoms with van der Waals surface area (Å²) in [6, 6.07) is 8.57. The molecule has 1 unspecified atom stereocenters. The normalized spacial score (nSPS) is 13.1. The van der Waals surface area contributed by atoms with Gasteiger partial charge in [-0.15, -0.1) is 0 Å². The molecule has 0 aliphatic heterocycles. The Balaban J connectivity index is 2.70. The van der Waals surface area contributed by atoms with Gasteiger partial charge in [-0.1, -0.05) is 54.8 Å². The van der Waals surface area contributed by atoms with Crippen LogP contribution in [0.25, 0.3) is 0 Å². The van der Waals surface area contributed by atoms with Gasteiger partial charge in [-0.25, -0.2) is 0 Å². The van der Waals surface area contributed by atoms with E-state index in [4.69, 9.17) is 5.73 Å². The van der Waals surface area contributed by atoms with E-state index in [1.165, 1.54) is 24.8 Å². The summed E-state index contributed by atoms with van der Waals surface area (Å²) in [5.74, 6) is 1.31. The second-order valence-electron chi connectivity index (χ2n) is 4.40. The third-order valence-electron chi connectivity index (χ3n) is 3.40. The zero-order chi connectivity index (χ0) is 12.0. The second-order valence-corrected chi connectivity index (χ2v) is 5.32. The van der Waals surface area contributed by atoms with Crippen molar-refractivity contribution in [3.63, 3.8) is 0 Å². The summed E-state index contributed by atoms with van der Waals surface area (Å²) >= 11 is 3.46. The molecular weight excluding hydrogens is 262 g/mol. The molecule has 2 N–H and O–H groups in total. The number of hydrogen-bond acceptors (Lipinski definition) is 1. The topological polar surface area (TPSA) is 26.0 Å². The minimum atomic E-state index is 0.512. The first-order valence-electron chi connectivity index (χ1n) is 6.16. The van der Waals surface area contributed by atoms with Gasteiger partial charge in [-0.3, -0.25) is 0 Å². The SMILES string of the molecule is CCC(CC)CC(CN)c1ccc(Br)cc1. The Morgan fingerprint density at radius 1 is 1.12 bits per heavy atom. The van der Waals surface area contributed by atoms with Crippen LogP contribution in [0.3, 0.4) is 0 Å². The Labute approximate surface area is 108 Å². The van der Waals surface area contributed by atoms with E-state index in [1.54, 1.807) is 0 Å². The molecule has 0 saturated heterocycles. The number of hydrogen-bond donors (Lipinski definition) is 1. The molecule has 90 valence electrons. The third kappa shape index (κ3) is 3.91. The lowest BCUT2D eigenvalue weighted by molar-refractivity contribution is 0.413. The van der Waals surface area contributed by atoms with Crippen LogP contribution in [-0.4, -0.2) is 6.54 Å². The van der Waals surface area contributed by atoms with Crippen LogP contribution in [0.2, 0.25) is 0 Å². The third-order valence-corrected chi connectivity index (χ3v) is 3.93. The number of halogens is 1. The summed E-state index contributed by atoms with van der Waals surface area (Å²) < 4.78 is 1.13. The summed E-state index contributed by atoms with van der Waals surface area (Å²) in [7, 11) is 0. The lowest BCUT2D eigenvalue weighted by Gasteiger charge is -2.21. The minimum Gasteiger partial charge on any atom is -0.330 e. The highest BCUT2D eigenvalue weighted by Crippen LogP contribution is 2.27. The van der Waals surface area contributed by atoms with E-state index in [0.29, 0.717) is 5.92 Å². The lowest BCUT2D eigenvalue weighted by Crippen LogP contribution is -2.16. The van der Waals surface area contributed by atoms with E-state index in [-0.39, 0.29) is 0 Å². The molecule has 0 fully saturated rings. The van der Waals surface area contributed by atoms with E-state index in [1.807, 2.05) is 0 Å². The Bertz CT molecular complexity index is 290. The van der Waals surface area contributed by atoms with Crippen molar-refractivity contribution >= 4 is 15.9 Å². The van der Waals surface area contributed by atoms with Gasteiger partial charge >= 0.3 is 0 Å². The molecule has 0 radical (unpaired) electrons. The van der Waals surface area contributed by atoms with Crippen LogP contribution in [0.1, 0.15) is 44.6 Å². The molecule has 0 aliphatic carbocycles. The molecule has 1 aromatic rings. The Morgan fingerprint density at radius 3 is 2.12 bits per heavy atom. The molecule has 16 heavy (non-hydrogen) atoms. The maximum Gasteiger partial charge on any atom is 0.0175 e. The molecule has 1 rings (SSSR count). The van der Waals surface area contributed by atoms with Gasteiger partial charge in [-0.2, -0.15) is 0 Å². The van der Waals surface area contributed by atoms with E-state index in [2.05, 4.69) is 54.0 Å². The first-order chi connectivity index (χ1) is 7.71. The van der Waals surface area contributed by atoms with Crippen molar-refractivity contribution in [1.29, 1.82) is 0 Å². The van der Waals surface area contributed by atoms with E-state index < -0.39 is 0 Å². The van der Waals surface area contributed by atoms with Gasteiger partial charge in [0.25, 0.3) is 0 Å². The van der Waals surface area contributed by atoms with Crippen LogP contribution in [0.15, 0.2) is 28.7 Å². The Hall–Kier alpha value is -0.340. The standard InChI is InChI=1S/C14H22BrN/c1-3-11(4-2)9-13(10-16)12-5-7-14(15)8-6-12/h5-8,11,13H,3-4,9-10,16H2,1-2H3. The molecule has 1 aromatic carbocycles. The first kappa shape index (κ1) is 13.7. The van der Waals surface area contributed by atoms with Gasteiger partial charge in [0.15, 0.2) is 0 Å². The highest BCUT2D eigenvalue weighted by atomic mass is 79.9. The van der Waals surface area contributed by atoms with Crippen molar-refractivity contribution in [3.05, 3.63) is 34.3 Å². The van der Waals surface area contributed by atoms with Crippen molar-refractivity contribution < 1.29 is 0 Å². The predicted octanol–water partition coefficient (Wildman–Crippen LogP) is 4.32. The number of nitrogens with two attached hydrogens (primary N) is 1. The van der Waals surface area contributed by atoms with Gasteiger partial charge in [-0.05, 0) is 42.5 Å². The fraction of sp³-hybridized carbons (Fsp3) is 0.571. The van der Waals surface area contributed by atoms with Crippen LogP contribution in [0, 0.1) is 5.92 Å². The monoisotopic (exact) mass is 283 g/mol. The van der Waals surface area contributed by atoms with Crippen molar-refractivity contribution in [3.8, 4) is 0 Å². The molecule has 0 aliphatic rings. The van der Waals surface area contributed by atoms with Crippen LogP contribution in [0.5, 0.6) is 0 Å². The molecule has 0 aromatic heterocycles. The van der Waals surface area contributed by atoms with Gasteiger partial charge < -0.3 is 5.73 Å². The summed E-state index contributed by atoms with van der Waals surface area (Å²) in [6.45, 7) is 5.28. The molecular formula is C14H22BrN. The summed E-state index contributed by atoms with van der Waals surface area (Å²) in [5, 5.41) is 0. The van der Waals surface area contributed by atoms with Gasteiger partial charge in [0.1, 0.15) is 0 Å². The molecule has 0 spiro atoms. The van der Waals surface area contributed by atoms with Gasteiger partial charge in [0.05, 0.1) is 0 Å². The van der Waals surface area contributed by atoms with Crippen LogP contribution >= 0.6 is 15.9 Å². The highest BCUT2D eigenvalue weighted by molar-refractivity contribution is 9.10. The van der Waals surface area contributed by atoms with Crippen molar-refractivity contribution in [2.75, 3.05) is 6.54 Å². The number of rotatable bonds is 6. The fourth-order valence-electron chi connectivity index (χ4n) is 2.13.